The summed E-state index contributed by atoms with van der Waals surface area (Å²) in [7, 11) is 1.96. The number of amides is 1. The Morgan fingerprint density at radius 1 is 1.29 bits per heavy atom. The van der Waals surface area contributed by atoms with Crippen LogP contribution in [0.2, 0.25) is 5.02 Å². The molecule has 0 saturated heterocycles. The number of aromatic nitrogens is 2. The Morgan fingerprint density at radius 2 is 2.04 bits per heavy atom. The van der Waals surface area contributed by atoms with Gasteiger partial charge in [0.2, 0.25) is 5.91 Å². The highest BCUT2D eigenvalue weighted by Crippen LogP contribution is 2.23. The minimum atomic E-state index is 0.192. The topological polar surface area (TPSA) is 47.4 Å². The van der Waals surface area contributed by atoms with E-state index in [9.17, 15) is 4.79 Å². The molecule has 2 aromatic rings. The van der Waals surface area contributed by atoms with Gasteiger partial charge in [-0.1, -0.05) is 30.7 Å². The van der Waals surface area contributed by atoms with Crippen molar-refractivity contribution in [3.63, 3.8) is 0 Å². The van der Waals surface area contributed by atoms with E-state index in [4.69, 9.17) is 16.3 Å². The second-order valence-electron chi connectivity index (χ2n) is 6.03. The molecule has 0 spiro atoms. The molecule has 0 bridgehead atoms. The molecule has 0 fully saturated rings. The lowest BCUT2D eigenvalue weighted by molar-refractivity contribution is -0.131. The molecule has 1 aromatic carbocycles. The first kappa shape index (κ1) is 17.0. The standard InChI is InChI=1S/C18H22ClN3O2/c1-3-18(23)22-9-8-17-15(10-22)16(20-21(17)2)12-24-11-13-4-6-14(19)7-5-13/h4-7H,3,8-12H2,1-2H3. The number of aryl methyl sites for hydroxylation is 1. The van der Waals surface area contributed by atoms with E-state index in [0.29, 0.717) is 26.2 Å². The van der Waals surface area contributed by atoms with Crippen LogP contribution in [0.3, 0.4) is 0 Å². The number of fused-ring (bicyclic) bond motifs is 1. The normalized spacial score (nSPS) is 13.9. The van der Waals surface area contributed by atoms with Gasteiger partial charge in [0.15, 0.2) is 0 Å². The largest absolute Gasteiger partial charge is 0.370 e. The molecule has 1 aromatic heterocycles. The number of halogens is 1. The van der Waals surface area contributed by atoms with Gasteiger partial charge in [0.1, 0.15) is 0 Å². The van der Waals surface area contributed by atoms with E-state index in [2.05, 4.69) is 5.10 Å². The minimum absolute atomic E-state index is 0.192. The number of rotatable bonds is 5. The van der Waals surface area contributed by atoms with Crippen LogP contribution >= 0.6 is 11.6 Å². The molecule has 3 rings (SSSR count). The fourth-order valence-corrected chi connectivity index (χ4v) is 3.19. The minimum Gasteiger partial charge on any atom is -0.370 e. The van der Waals surface area contributed by atoms with Crippen LogP contribution in [0, 0.1) is 0 Å². The smallest absolute Gasteiger partial charge is 0.222 e. The van der Waals surface area contributed by atoms with Crippen LogP contribution in [0.5, 0.6) is 0 Å². The molecule has 0 atom stereocenters. The Morgan fingerprint density at radius 3 is 2.75 bits per heavy atom. The van der Waals surface area contributed by atoms with Gasteiger partial charge in [0.25, 0.3) is 0 Å². The Bertz CT molecular complexity index is 725. The Labute approximate surface area is 147 Å². The number of ether oxygens (including phenoxy) is 1. The molecule has 128 valence electrons. The van der Waals surface area contributed by atoms with Gasteiger partial charge in [0, 0.05) is 49.3 Å². The molecule has 2 heterocycles. The highest BCUT2D eigenvalue weighted by Gasteiger charge is 2.25. The summed E-state index contributed by atoms with van der Waals surface area (Å²) in [4.78, 5) is 13.9. The van der Waals surface area contributed by atoms with Crippen LogP contribution in [0.4, 0.5) is 0 Å². The Kier molecular flexibility index (Phi) is 5.21. The first-order chi connectivity index (χ1) is 11.6. The van der Waals surface area contributed by atoms with Crippen molar-refractivity contribution in [2.75, 3.05) is 6.54 Å². The Balaban J connectivity index is 1.66. The van der Waals surface area contributed by atoms with Crippen LogP contribution in [-0.2, 0) is 42.8 Å². The van der Waals surface area contributed by atoms with Crippen LogP contribution in [0.25, 0.3) is 0 Å². The summed E-state index contributed by atoms with van der Waals surface area (Å²) in [6.07, 6.45) is 1.39. The third-order valence-electron chi connectivity index (χ3n) is 4.40. The lowest BCUT2D eigenvalue weighted by Gasteiger charge is -2.27. The van der Waals surface area contributed by atoms with Gasteiger partial charge in [-0.05, 0) is 17.7 Å². The van der Waals surface area contributed by atoms with Crippen LogP contribution < -0.4 is 0 Å². The predicted molar refractivity (Wildman–Crippen MR) is 92.6 cm³/mol. The summed E-state index contributed by atoms with van der Waals surface area (Å²) < 4.78 is 7.75. The fourth-order valence-electron chi connectivity index (χ4n) is 3.07. The van der Waals surface area contributed by atoms with Crippen molar-refractivity contribution in [1.82, 2.24) is 14.7 Å². The number of hydrogen-bond acceptors (Lipinski definition) is 3. The molecule has 0 radical (unpaired) electrons. The maximum Gasteiger partial charge on any atom is 0.222 e. The van der Waals surface area contributed by atoms with Crippen molar-refractivity contribution in [3.8, 4) is 0 Å². The van der Waals surface area contributed by atoms with Crippen LogP contribution in [-0.4, -0.2) is 27.1 Å². The van der Waals surface area contributed by atoms with E-state index in [1.807, 2.05) is 47.8 Å². The summed E-state index contributed by atoms with van der Waals surface area (Å²) in [6, 6.07) is 7.63. The van der Waals surface area contributed by atoms with Crippen molar-refractivity contribution >= 4 is 17.5 Å². The lowest BCUT2D eigenvalue weighted by Crippen LogP contribution is -2.36. The highest BCUT2D eigenvalue weighted by molar-refractivity contribution is 6.30. The molecule has 1 amide bonds. The molecule has 1 aliphatic rings. The molecule has 0 N–H and O–H groups in total. The van der Waals surface area contributed by atoms with E-state index in [1.165, 1.54) is 5.69 Å². The molecule has 6 heteroatoms. The zero-order valence-corrected chi connectivity index (χ0v) is 14.8. The second kappa shape index (κ2) is 7.36. The quantitative estimate of drug-likeness (QED) is 0.835. The molecule has 0 aliphatic carbocycles. The van der Waals surface area contributed by atoms with E-state index < -0.39 is 0 Å². The number of nitrogens with zero attached hydrogens (tertiary/aromatic N) is 3. The van der Waals surface area contributed by atoms with Crippen molar-refractivity contribution in [3.05, 3.63) is 51.8 Å². The predicted octanol–water partition coefficient (Wildman–Crippen LogP) is 3.09. The summed E-state index contributed by atoms with van der Waals surface area (Å²) in [5.41, 5.74) is 4.35. The molecule has 5 nitrogen and oxygen atoms in total. The summed E-state index contributed by atoms with van der Waals surface area (Å²) in [5.74, 6) is 0.192. The van der Waals surface area contributed by atoms with Crippen molar-refractivity contribution in [2.24, 2.45) is 7.05 Å². The van der Waals surface area contributed by atoms with E-state index in [-0.39, 0.29) is 5.91 Å². The summed E-state index contributed by atoms with van der Waals surface area (Å²) in [5, 5.41) is 5.31. The van der Waals surface area contributed by atoms with Gasteiger partial charge in [-0.2, -0.15) is 5.10 Å². The SMILES string of the molecule is CCC(=O)N1CCc2c(c(COCc3ccc(Cl)cc3)nn2C)C1. The molecular weight excluding hydrogens is 326 g/mol. The second-order valence-corrected chi connectivity index (χ2v) is 6.47. The first-order valence-corrected chi connectivity index (χ1v) is 8.60. The third-order valence-corrected chi connectivity index (χ3v) is 4.65. The zero-order valence-electron chi connectivity index (χ0n) is 14.1. The maximum atomic E-state index is 12.0. The monoisotopic (exact) mass is 347 g/mol. The number of carbonyl (C=O) groups excluding carboxylic acids is 1. The van der Waals surface area contributed by atoms with Crippen molar-refractivity contribution in [2.45, 2.75) is 39.5 Å². The van der Waals surface area contributed by atoms with Gasteiger partial charge in [0.05, 0.1) is 18.9 Å². The van der Waals surface area contributed by atoms with Crippen LogP contribution in [0.1, 0.15) is 35.9 Å². The first-order valence-electron chi connectivity index (χ1n) is 8.22. The van der Waals surface area contributed by atoms with E-state index in [0.717, 1.165) is 34.8 Å². The maximum absolute atomic E-state index is 12.0. The number of benzene rings is 1. The fraction of sp³-hybridized carbons (Fsp3) is 0.444. The molecule has 0 saturated carbocycles. The Hall–Kier alpha value is -1.85. The van der Waals surface area contributed by atoms with Gasteiger partial charge >= 0.3 is 0 Å². The summed E-state index contributed by atoms with van der Waals surface area (Å²) >= 11 is 5.89. The molecular formula is C18H22ClN3O2. The number of hydrogen-bond donors (Lipinski definition) is 0. The average molecular weight is 348 g/mol. The van der Waals surface area contributed by atoms with E-state index in [1.54, 1.807) is 0 Å². The highest BCUT2D eigenvalue weighted by atomic mass is 35.5. The molecule has 1 aliphatic heterocycles. The van der Waals surface area contributed by atoms with Crippen molar-refractivity contribution in [1.29, 1.82) is 0 Å². The van der Waals surface area contributed by atoms with Gasteiger partial charge in [-0.25, -0.2) is 0 Å². The zero-order chi connectivity index (χ0) is 17.1. The van der Waals surface area contributed by atoms with E-state index >= 15 is 0 Å². The van der Waals surface area contributed by atoms with Crippen LogP contribution in [0.15, 0.2) is 24.3 Å². The van der Waals surface area contributed by atoms with Gasteiger partial charge in [-0.15, -0.1) is 0 Å². The lowest BCUT2D eigenvalue weighted by atomic mass is 10.0. The number of carbonyl (C=O) groups is 1. The average Bonchev–Trinajstić information content (AvgIpc) is 2.91. The molecule has 24 heavy (non-hydrogen) atoms. The summed E-state index contributed by atoms with van der Waals surface area (Å²) in [6.45, 7) is 4.26. The molecule has 0 unspecified atom stereocenters. The van der Waals surface area contributed by atoms with Gasteiger partial charge < -0.3 is 9.64 Å². The van der Waals surface area contributed by atoms with Gasteiger partial charge in [-0.3, -0.25) is 9.48 Å². The third kappa shape index (κ3) is 3.62. The van der Waals surface area contributed by atoms with Crippen molar-refractivity contribution < 1.29 is 9.53 Å².